The van der Waals surface area contributed by atoms with Crippen LogP contribution in [0.5, 0.6) is 0 Å². The highest BCUT2D eigenvalue weighted by molar-refractivity contribution is 5.84. The molecule has 0 aliphatic heterocycles. The number of halogens is 2. The summed E-state index contributed by atoms with van der Waals surface area (Å²) < 4.78 is 24.3. The van der Waals surface area contributed by atoms with Gasteiger partial charge in [0, 0.05) is 5.69 Å². The second-order valence-corrected chi connectivity index (χ2v) is 2.55. The highest BCUT2D eigenvalue weighted by Gasteiger charge is 2.13. The SMILES string of the molecule is Cc1nc(C(F)F)cc(N)c1C=O. The van der Waals surface area contributed by atoms with Crippen LogP contribution in [0.3, 0.4) is 0 Å². The summed E-state index contributed by atoms with van der Waals surface area (Å²) >= 11 is 0. The molecular formula is C8H8F2N2O. The van der Waals surface area contributed by atoms with E-state index in [0.717, 1.165) is 6.07 Å². The number of alkyl halides is 2. The van der Waals surface area contributed by atoms with Gasteiger partial charge in [-0.2, -0.15) is 0 Å². The van der Waals surface area contributed by atoms with E-state index in [-0.39, 0.29) is 16.9 Å². The van der Waals surface area contributed by atoms with Crippen molar-refractivity contribution in [3.05, 3.63) is 23.0 Å². The Morgan fingerprint density at radius 3 is 2.62 bits per heavy atom. The Labute approximate surface area is 73.6 Å². The largest absolute Gasteiger partial charge is 0.398 e. The molecule has 0 aliphatic rings. The molecule has 0 aliphatic carbocycles. The Morgan fingerprint density at radius 2 is 2.23 bits per heavy atom. The van der Waals surface area contributed by atoms with E-state index in [9.17, 15) is 13.6 Å². The smallest absolute Gasteiger partial charge is 0.280 e. The Kier molecular flexibility index (Phi) is 2.55. The first-order valence-corrected chi connectivity index (χ1v) is 3.56. The number of aldehydes is 1. The van der Waals surface area contributed by atoms with Crippen molar-refractivity contribution in [2.75, 3.05) is 5.73 Å². The number of anilines is 1. The van der Waals surface area contributed by atoms with Crippen molar-refractivity contribution in [2.24, 2.45) is 0 Å². The second kappa shape index (κ2) is 3.47. The number of carbonyl (C=O) groups is 1. The first-order valence-electron chi connectivity index (χ1n) is 3.56. The third kappa shape index (κ3) is 1.80. The Hall–Kier alpha value is -1.52. The molecule has 1 heterocycles. The zero-order valence-corrected chi connectivity index (χ0v) is 6.92. The van der Waals surface area contributed by atoms with Crippen LogP contribution in [0.2, 0.25) is 0 Å². The fourth-order valence-corrected chi connectivity index (χ4v) is 0.997. The maximum atomic E-state index is 12.2. The molecule has 2 N–H and O–H groups in total. The standard InChI is InChI=1S/C8H8F2N2O/c1-4-5(3-13)6(11)2-7(12-4)8(9)10/h2-3,8H,1H3,(H2,11,12). The summed E-state index contributed by atoms with van der Waals surface area (Å²) in [6.07, 6.45) is -2.16. The molecule has 13 heavy (non-hydrogen) atoms. The third-order valence-corrected chi connectivity index (χ3v) is 1.64. The molecule has 0 spiro atoms. The number of nitrogen functional groups attached to an aromatic ring is 1. The molecule has 70 valence electrons. The van der Waals surface area contributed by atoms with Crippen molar-refractivity contribution >= 4 is 12.0 Å². The van der Waals surface area contributed by atoms with Gasteiger partial charge in [-0.15, -0.1) is 0 Å². The number of hydrogen-bond donors (Lipinski definition) is 1. The van der Waals surface area contributed by atoms with Crippen molar-refractivity contribution in [2.45, 2.75) is 13.3 Å². The normalized spacial score (nSPS) is 10.5. The van der Waals surface area contributed by atoms with Crippen LogP contribution >= 0.6 is 0 Å². The molecule has 0 aromatic carbocycles. The van der Waals surface area contributed by atoms with Crippen molar-refractivity contribution in [3.8, 4) is 0 Å². The fraction of sp³-hybridized carbons (Fsp3) is 0.250. The third-order valence-electron chi connectivity index (χ3n) is 1.64. The van der Waals surface area contributed by atoms with Gasteiger partial charge in [0.15, 0.2) is 6.29 Å². The van der Waals surface area contributed by atoms with E-state index in [4.69, 9.17) is 5.73 Å². The highest BCUT2D eigenvalue weighted by atomic mass is 19.3. The number of aromatic nitrogens is 1. The van der Waals surface area contributed by atoms with Crippen LogP contribution in [0.25, 0.3) is 0 Å². The summed E-state index contributed by atoms with van der Waals surface area (Å²) in [5.41, 5.74) is 5.40. The summed E-state index contributed by atoms with van der Waals surface area (Å²) in [7, 11) is 0. The summed E-state index contributed by atoms with van der Waals surface area (Å²) in [5, 5.41) is 0. The molecule has 3 nitrogen and oxygen atoms in total. The van der Waals surface area contributed by atoms with Crippen molar-refractivity contribution in [3.63, 3.8) is 0 Å². The van der Waals surface area contributed by atoms with E-state index in [1.54, 1.807) is 0 Å². The average Bonchev–Trinajstić information content (AvgIpc) is 2.03. The van der Waals surface area contributed by atoms with Crippen molar-refractivity contribution in [1.82, 2.24) is 4.98 Å². The number of carbonyl (C=O) groups excluding carboxylic acids is 1. The van der Waals surface area contributed by atoms with Crippen LogP contribution in [-0.4, -0.2) is 11.3 Å². The van der Waals surface area contributed by atoms with Crippen LogP contribution in [-0.2, 0) is 0 Å². The minimum Gasteiger partial charge on any atom is -0.398 e. The lowest BCUT2D eigenvalue weighted by atomic mass is 10.1. The van der Waals surface area contributed by atoms with Gasteiger partial charge in [-0.1, -0.05) is 0 Å². The summed E-state index contributed by atoms with van der Waals surface area (Å²) in [4.78, 5) is 14.0. The molecule has 0 saturated carbocycles. The fourth-order valence-electron chi connectivity index (χ4n) is 0.997. The minimum atomic E-state index is -2.67. The number of nitrogens with zero attached hydrogens (tertiary/aromatic N) is 1. The first-order chi connectivity index (χ1) is 6.06. The average molecular weight is 186 g/mol. The summed E-state index contributed by atoms with van der Waals surface area (Å²) in [6.45, 7) is 1.46. The molecule has 1 aromatic heterocycles. The quantitative estimate of drug-likeness (QED) is 0.715. The van der Waals surface area contributed by atoms with Gasteiger partial charge in [0.2, 0.25) is 0 Å². The number of pyridine rings is 1. The van der Waals surface area contributed by atoms with Gasteiger partial charge in [0.05, 0.1) is 11.3 Å². The molecule has 5 heteroatoms. The van der Waals surface area contributed by atoms with Crippen LogP contribution in [0, 0.1) is 6.92 Å². The molecule has 0 saturated heterocycles. The first kappa shape index (κ1) is 9.57. The van der Waals surface area contributed by atoms with Gasteiger partial charge in [0.1, 0.15) is 5.69 Å². The molecule has 0 bridgehead atoms. The number of hydrogen-bond acceptors (Lipinski definition) is 3. The molecule has 1 aromatic rings. The lowest BCUT2D eigenvalue weighted by Crippen LogP contribution is -2.02. The zero-order valence-electron chi connectivity index (χ0n) is 6.92. The number of rotatable bonds is 2. The van der Waals surface area contributed by atoms with Gasteiger partial charge in [-0.25, -0.2) is 8.78 Å². The molecule has 0 fully saturated rings. The van der Waals surface area contributed by atoms with Crippen LogP contribution in [0.4, 0.5) is 14.5 Å². The Morgan fingerprint density at radius 1 is 1.62 bits per heavy atom. The topological polar surface area (TPSA) is 56.0 Å². The van der Waals surface area contributed by atoms with E-state index in [1.807, 2.05) is 0 Å². The van der Waals surface area contributed by atoms with E-state index in [2.05, 4.69) is 4.98 Å². The van der Waals surface area contributed by atoms with Gasteiger partial charge in [-0.3, -0.25) is 9.78 Å². The number of aryl methyl sites for hydroxylation is 1. The van der Waals surface area contributed by atoms with E-state index < -0.39 is 12.1 Å². The van der Waals surface area contributed by atoms with Gasteiger partial charge in [-0.05, 0) is 13.0 Å². The van der Waals surface area contributed by atoms with Crippen LogP contribution in [0.1, 0.15) is 28.2 Å². The van der Waals surface area contributed by atoms with E-state index in [0.29, 0.717) is 6.29 Å². The number of nitrogens with two attached hydrogens (primary N) is 1. The Balaban J connectivity index is 3.28. The Bertz CT molecular complexity index is 316. The predicted octanol–water partition coefficient (Wildman–Crippen LogP) is 1.72. The van der Waals surface area contributed by atoms with E-state index >= 15 is 0 Å². The maximum absolute atomic E-state index is 12.2. The van der Waals surface area contributed by atoms with Crippen LogP contribution in [0.15, 0.2) is 6.07 Å². The van der Waals surface area contributed by atoms with Gasteiger partial charge >= 0.3 is 0 Å². The summed E-state index contributed by atoms with van der Waals surface area (Å²) in [5.74, 6) is 0. The van der Waals surface area contributed by atoms with Crippen LogP contribution < -0.4 is 5.73 Å². The van der Waals surface area contributed by atoms with Crippen molar-refractivity contribution in [1.29, 1.82) is 0 Å². The molecule has 0 unspecified atom stereocenters. The highest BCUT2D eigenvalue weighted by Crippen LogP contribution is 2.21. The predicted molar refractivity (Wildman–Crippen MR) is 43.7 cm³/mol. The van der Waals surface area contributed by atoms with E-state index in [1.165, 1.54) is 6.92 Å². The zero-order chi connectivity index (χ0) is 10.0. The van der Waals surface area contributed by atoms with Gasteiger partial charge in [0.25, 0.3) is 6.43 Å². The lowest BCUT2D eigenvalue weighted by Gasteiger charge is -2.05. The minimum absolute atomic E-state index is 0.0396. The lowest BCUT2D eigenvalue weighted by molar-refractivity contribution is 0.112. The van der Waals surface area contributed by atoms with Crippen molar-refractivity contribution < 1.29 is 13.6 Å². The second-order valence-electron chi connectivity index (χ2n) is 2.55. The monoisotopic (exact) mass is 186 g/mol. The molecule has 0 radical (unpaired) electrons. The summed E-state index contributed by atoms with van der Waals surface area (Å²) in [6, 6.07) is 1.02. The molecule has 0 atom stereocenters. The molecular weight excluding hydrogens is 178 g/mol. The maximum Gasteiger partial charge on any atom is 0.280 e. The molecule has 0 amide bonds. The van der Waals surface area contributed by atoms with Gasteiger partial charge < -0.3 is 5.73 Å². The molecule has 1 rings (SSSR count).